The number of halogens is 3. The summed E-state index contributed by atoms with van der Waals surface area (Å²) in [6, 6.07) is 5.73. The van der Waals surface area contributed by atoms with Crippen LogP contribution in [0, 0.1) is 11.6 Å². The largest absolute Gasteiger partial charge is 0.379 e. The summed E-state index contributed by atoms with van der Waals surface area (Å²) < 4.78 is 29.8. The van der Waals surface area contributed by atoms with E-state index >= 15 is 0 Å². The molecule has 1 aliphatic carbocycles. The molecule has 0 unspecified atom stereocenters. The van der Waals surface area contributed by atoms with Crippen LogP contribution in [0.15, 0.2) is 30.5 Å². The van der Waals surface area contributed by atoms with Crippen LogP contribution in [0.25, 0.3) is 16.9 Å². The van der Waals surface area contributed by atoms with E-state index in [0.29, 0.717) is 22.5 Å². The number of imidazole rings is 1. The van der Waals surface area contributed by atoms with Crippen LogP contribution in [-0.2, 0) is 0 Å². The fourth-order valence-electron chi connectivity index (χ4n) is 3.38. The summed E-state index contributed by atoms with van der Waals surface area (Å²) >= 11 is 6.15. The van der Waals surface area contributed by atoms with E-state index in [9.17, 15) is 8.78 Å². The monoisotopic (exact) mass is 362 g/mol. The zero-order valence-corrected chi connectivity index (χ0v) is 14.2. The molecule has 0 atom stereocenters. The normalized spacial score (nSPS) is 15.6. The Labute approximate surface area is 148 Å². The molecule has 3 aromatic rings. The van der Waals surface area contributed by atoms with Crippen LogP contribution in [0.4, 0.5) is 14.5 Å². The first-order valence-electron chi connectivity index (χ1n) is 8.38. The van der Waals surface area contributed by atoms with Crippen molar-refractivity contribution < 1.29 is 8.78 Å². The van der Waals surface area contributed by atoms with Crippen molar-refractivity contribution in [2.75, 3.05) is 5.32 Å². The molecule has 1 aliphatic rings. The van der Waals surface area contributed by atoms with Crippen molar-refractivity contribution in [2.45, 2.75) is 38.1 Å². The van der Waals surface area contributed by atoms with E-state index in [4.69, 9.17) is 11.6 Å². The zero-order chi connectivity index (χ0) is 17.4. The van der Waals surface area contributed by atoms with Crippen LogP contribution >= 0.6 is 11.6 Å². The van der Waals surface area contributed by atoms with E-state index in [-0.39, 0.29) is 11.3 Å². The average molecular weight is 363 g/mol. The lowest BCUT2D eigenvalue weighted by Crippen LogP contribution is -2.23. The number of nitrogens with zero attached hydrogens (tertiary/aromatic N) is 3. The van der Waals surface area contributed by atoms with Gasteiger partial charge in [0.25, 0.3) is 0 Å². The second-order valence-corrected chi connectivity index (χ2v) is 6.72. The maximum absolute atomic E-state index is 14.2. The second kappa shape index (κ2) is 6.59. The van der Waals surface area contributed by atoms with Crippen molar-refractivity contribution in [3.8, 4) is 11.3 Å². The van der Waals surface area contributed by atoms with Crippen molar-refractivity contribution in [3.63, 3.8) is 0 Å². The van der Waals surface area contributed by atoms with Gasteiger partial charge in [-0.15, -0.1) is 0 Å². The third kappa shape index (κ3) is 3.06. The molecular weight excluding hydrogens is 346 g/mol. The molecule has 2 heterocycles. The number of fused-ring (bicyclic) bond motifs is 1. The van der Waals surface area contributed by atoms with Gasteiger partial charge in [0.15, 0.2) is 10.8 Å². The second-order valence-electron chi connectivity index (χ2n) is 6.34. The van der Waals surface area contributed by atoms with E-state index in [1.54, 1.807) is 6.07 Å². The quantitative estimate of drug-likeness (QED) is 0.707. The third-order valence-corrected chi connectivity index (χ3v) is 4.87. The van der Waals surface area contributed by atoms with Gasteiger partial charge in [0, 0.05) is 6.04 Å². The van der Waals surface area contributed by atoms with Gasteiger partial charge in [-0.2, -0.15) is 9.61 Å². The van der Waals surface area contributed by atoms with E-state index in [1.165, 1.54) is 48.2 Å². The number of aromatic nitrogens is 3. The molecule has 0 aliphatic heterocycles. The molecule has 4 rings (SSSR count). The summed E-state index contributed by atoms with van der Waals surface area (Å²) in [5, 5.41) is 8.03. The highest BCUT2D eigenvalue weighted by molar-refractivity contribution is 6.29. The molecule has 1 N–H and O–H groups in total. The van der Waals surface area contributed by atoms with Gasteiger partial charge in [-0.3, -0.25) is 0 Å². The summed E-state index contributed by atoms with van der Waals surface area (Å²) in [5.74, 6) is -1.32. The molecule has 0 spiro atoms. The summed E-state index contributed by atoms with van der Waals surface area (Å²) in [6.45, 7) is 0. The van der Waals surface area contributed by atoms with Gasteiger partial charge in [-0.05, 0) is 31.0 Å². The number of benzene rings is 1. The molecule has 2 aromatic heterocycles. The molecule has 1 saturated carbocycles. The molecule has 0 radical (unpaired) electrons. The van der Waals surface area contributed by atoms with Crippen LogP contribution in [-0.4, -0.2) is 20.6 Å². The van der Waals surface area contributed by atoms with Crippen LogP contribution in [0.5, 0.6) is 0 Å². The molecular formula is C18H17ClF2N4. The molecule has 0 bridgehead atoms. The highest BCUT2D eigenvalue weighted by atomic mass is 35.5. The first-order valence-corrected chi connectivity index (χ1v) is 8.76. The molecule has 1 fully saturated rings. The number of hydrogen-bond acceptors (Lipinski definition) is 3. The summed E-state index contributed by atoms with van der Waals surface area (Å²) in [5.41, 5.74) is 1.25. The molecule has 0 saturated heterocycles. The summed E-state index contributed by atoms with van der Waals surface area (Å²) in [6.07, 6.45) is 7.19. The van der Waals surface area contributed by atoms with E-state index < -0.39 is 11.6 Å². The Balaban J connectivity index is 1.84. The Morgan fingerprint density at radius 2 is 1.84 bits per heavy atom. The van der Waals surface area contributed by atoms with Gasteiger partial charge in [0.1, 0.15) is 11.6 Å². The van der Waals surface area contributed by atoms with Gasteiger partial charge in [-0.1, -0.05) is 36.9 Å². The van der Waals surface area contributed by atoms with Crippen LogP contribution in [0.2, 0.25) is 5.15 Å². The van der Waals surface area contributed by atoms with Crippen molar-refractivity contribution in [1.82, 2.24) is 14.6 Å². The van der Waals surface area contributed by atoms with Gasteiger partial charge in [0.05, 0.1) is 23.1 Å². The highest BCUT2D eigenvalue weighted by Gasteiger charge is 2.20. The van der Waals surface area contributed by atoms with E-state index in [2.05, 4.69) is 15.4 Å². The van der Waals surface area contributed by atoms with Gasteiger partial charge >= 0.3 is 0 Å². The molecule has 1 aromatic carbocycles. The van der Waals surface area contributed by atoms with Crippen LogP contribution in [0.3, 0.4) is 0 Å². The topological polar surface area (TPSA) is 42.2 Å². The zero-order valence-electron chi connectivity index (χ0n) is 13.5. The maximum atomic E-state index is 14.2. The Morgan fingerprint density at radius 3 is 2.56 bits per heavy atom. The predicted molar refractivity (Wildman–Crippen MR) is 93.8 cm³/mol. The standard InChI is InChI=1S/C18H17ClF2N4/c19-16-10-22-18-15(23-11-5-2-1-3-6-11)9-14(24-25(16)18)17-12(20)7-4-8-13(17)21/h4,7-11,23H,1-3,5-6H2. The Kier molecular flexibility index (Phi) is 4.29. The van der Waals surface area contributed by atoms with Crippen molar-refractivity contribution in [2.24, 2.45) is 0 Å². The van der Waals surface area contributed by atoms with Crippen LogP contribution < -0.4 is 5.32 Å². The Morgan fingerprint density at radius 1 is 1.12 bits per heavy atom. The average Bonchev–Trinajstić information content (AvgIpc) is 2.97. The fraction of sp³-hybridized carbons (Fsp3) is 0.333. The number of anilines is 1. The minimum atomic E-state index is -0.660. The van der Waals surface area contributed by atoms with Gasteiger partial charge < -0.3 is 5.32 Å². The molecule has 4 nitrogen and oxygen atoms in total. The highest BCUT2D eigenvalue weighted by Crippen LogP contribution is 2.31. The van der Waals surface area contributed by atoms with E-state index in [1.807, 2.05) is 0 Å². The smallest absolute Gasteiger partial charge is 0.178 e. The lowest BCUT2D eigenvalue weighted by atomic mass is 9.95. The predicted octanol–water partition coefficient (Wildman–Crippen LogP) is 5.07. The van der Waals surface area contributed by atoms with Crippen LogP contribution in [0.1, 0.15) is 32.1 Å². The Hall–Kier alpha value is -2.21. The van der Waals surface area contributed by atoms with Gasteiger partial charge in [0.2, 0.25) is 0 Å². The first-order chi connectivity index (χ1) is 12.1. The number of rotatable bonds is 3. The SMILES string of the molecule is Fc1cccc(F)c1-c1cc(NC2CCCCC2)c2ncc(Cl)n2n1. The minimum absolute atomic E-state index is 0.166. The maximum Gasteiger partial charge on any atom is 0.178 e. The molecule has 130 valence electrons. The van der Waals surface area contributed by atoms with Crippen molar-refractivity contribution in [3.05, 3.63) is 47.2 Å². The third-order valence-electron chi connectivity index (χ3n) is 4.61. The van der Waals surface area contributed by atoms with Crippen molar-refractivity contribution >= 4 is 22.9 Å². The summed E-state index contributed by atoms with van der Waals surface area (Å²) in [4.78, 5) is 4.28. The molecule has 0 amide bonds. The van der Waals surface area contributed by atoms with Crippen molar-refractivity contribution in [1.29, 1.82) is 0 Å². The fourth-order valence-corrected chi connectivity index (χ4v) is 3.55. The van der Waals surface area contributed by atoms with Gasteiger partial charge in [-0.25, -0.2) is 13.8 Å². The number of hydrogen-bond donors (Lipinski definition) is 1. The first kappa shape index (κ1) is 16.3. The summed E-state index contributed by atoms with van der Waals surface area (Å²) in [7, 11) is 0. The molecule has 7 heteroatoms. The van der Waals surface area contributed by atoms with E-state index in [0.717, 1.165) is 12.8 Å². The molecule has 25 heavy (non-hydrogen) atoms. The lowest BCUT2D eigenvalue weighted by molar-refractivity contribution is 0.463. The number of nitrogens with one attached hydrogen (secondary N) is 1. The minimum Gasteiger partial charge on any atom is -0.379 e. The Bertz CT molecular complexity index is 899. The lowest BCUT2D eigenvalue weighted by Gasteiger charge is -2.24.